The third-order valence-corrected chi connectivity index (χ3v) is 9.81. The van der Waals surface area contributed by atoms with Crippen molar-refractivity contribution in [2.75, 3.05) is 49.5 Å². The number of thiazole rings is 1. The maximum atomic E-state index is 13.1. The van der Waals surface area contributed by atoms with Crippen LogP contribution >= 0.6 is 34.3 Å². The van der Waals surface area contributed by atoms with Crippen molar-refractivity contribution in [3.05, 3.63) is 39.4 Å². The first-order chi connectivity index (χ1) is 19.8. The molecule has 1 amide bonds. The number of hydrogen-bond donors (Lipinski definition) is 1. The molecule has 3 aromatic heterocycles. The smallest absolute Gasteiger partial charge is 0.307 e. The fraction of sp³-hybridized carbons (Fsp3) is 0.536. The van der Waals surface area contributed by atoms with Crippen LogP contribution in [0.2, 0.25) is 5.02 Å². The number of esters is 1. The van der Waals surface area contributed by atoms with Crippen molar-refractivity contribution in [3.8, 4) is 10.6 Å². The highest BCUT2D eigenvalue weighted by atomic mass is 35.5. The van der Waals surface area contributed by atoms with E-state index in [-0.39, 0.29) is 23.6 Å². The van der Waals surface area contributed by atoms with Gasteiger partial charge in [-0.15, -0.1) is 11.3 Å². The molecule has 0 saturated carbocycles. The lowest BCUT2D eigenvalue weighted by molar-refractivity contribution is -0.143. The van der Waals surface area contributed by atoms with E-state index in [0.29, 0.717) is 35.8 Å². The summed E-state index contributed by atoms with van der Waals surface area (Å²) in [6, 6.07) is 2.64. The standard InChI is InChI=1S/C28H36ClN7O3S2/c1-4-39-25(37)7-9-34-10-11-36(19(3)15-34)24-14-30-21(13-31-24)27(38)33-28-32-26(22-12-20(29)17-40-22)23(41-28)16-35-8-5-6-18(35)2/h12-14,17-19H,4-11,15-16H2,1-3H3,(H,32,33,38)/t18-,19+/m1/s1. The molecule has 2 atom stereocenters. The molecule has 2 aliphatic rings. The summed E-state index contributed by atoms with van der Waals surface area (Å²) >= 11 is 9.27. The molecule has 0 radical (unpaired) electrons. The molecular weight excluding hydrogens is 582 g/mol. The maximum absolute atomic E-state index is 13.1. The molecular formula is C28H36ClN7O3S2. The van der Waals surface area contributed by atoms with Gasteiger partial charge >= 0.3 is 5.97 Å². The SMILES string of the molecule is CCOC(=O)CCN1CCN(c2cnc(C(=O)Nc3nc(-c4cc(Cl)cs4)c(CN4CCC[C@H]4C)s3)cn2)[C@@H](C)C1. The van der Waals surface area contributed by atoms with E-state index < -0.39 is 0 Å². The van der Waals surface area contributed by atoms with Gasteiger partial charge in [-0.1, -0.05) is 22.9 Å². The third-order valence-electron chi connectivity index (χ3n) is 7.57. The van der Waals surface area contributed by atoms with E-state index in [0.717, 1.165) is 54.0 Å². The molecule has 10 nitrogen and oxygen atoms in total. The largest absolute Gasteiger partial charge is 0.466 e. The Hall–Kier alpha value is -2.64. The Bertz CT molecular complexity index is 1350. The number of carbonyl (C=O) groups excluding carboxylic acids is 2. The van der Waals surface area contributed by atoms with Crippen LogP contribution in [-0.4, -0.2) is 88.0 Å². The number of amides is 1. The minimum Gasteiger partial charge on any atom is -0.466 e. The summed E-state index contributed by atoms with van der Waals surface area (Å²) in [5.41, 5.74) is 1.11. The lowest BCUT2D eigenvalue weighted by Crippen LogP contribution is -2.52. The van der Waals surface area contributed by atoms with Crippen LogP contribution in [0.1, 0.15) is 55.4 Å². The minimum absolute atomic E-state index is 0.162. The summed E-state index contributed by atoms with van der Waals surface area (Å²) < 4.78 is 5.04. The third kappa shape index (κ3) is 7.42. The van der Waals surface area contributed by atoms with Gasteiger partial charge in [-0.3, -0.25) is 24.7 Å². The summed E-state index contributed by atoms with van der Waals surface area (Å²) in [6.45, 7) is 11.5. The van der Waals surface area contributed by atoms with Gasteiger partial charge < -0.3 is 9.64 Å². The molecule has 5 heterocycles. The molecule has 3 aromatic rings. The first kappa shape index (κ1) is 29.8. The zero-order chi connectivity index (χ0) is 28.9. The van der Waals surface area contributed by atoms with Crippen molar-refractivity contribution >= 4 is 57.1 Å². The van der Waals surface area contributed by atoms with Gasteiger partial charge in [0.05, 0.1) is 41.0 Å². The van der Waals surface area contributed by atoms with E-state index in [9.17, 15) is 9.59 Å². The van der Waals surface area contributed by atoms with Crippen LogP contribution in [0, 0.1) is 0 Å². The number of nitrogens with zero attached hydrogens (tertiary/aromatic N) is 6. The van der Waals surface area contributed by atoms with E-state index in [2.05, 4.69) is 43.8 Å². The molecule has 0 unspecified atom stereocenters. The average Bonchev–Trinajstić information content (AvgIpc) is 3.68. The van der Waals surface area contributed by atoms with Crippen molar-refractivity contribution < 1.29 is 14.3 Å². The van der Waals surface area contributed by atoms with Gasteiger partial charge in [-0.05, 0) is 46.2 Å². The molecule has 0 aliphatic carbocycles. The fourth-order valence-electron chi connectivity index (χ4n) is 5.36. The fourth-order valence-corrected chi connectivity index (χ4v) is 7.51. The highest BCUT2D eigenvalue weighted by molar-refractivity contribution is 7.17. The summed E-state index contributed by atoms with van der Waals surface area (Å²) in [4.78, 5) is 47.6. The topological polar surface area (TPSA) is 104 Å². The number of aromatic nitrogens is 3. The minimum atomic E-state index is -0.341. The zero-order valence-corrected chi connectivity index (χ0v) is 26.0. The van der Waals surface area contributed by atoms with Crippen LogP contribution in [0.5, 0.6) is 0 Å². The van der Waals surface area contributed by atoms with Gasteiger partial charge in [-0.25, -0.2) is 15.0 Å². The molecule has 2 saturated heterocycles. The first-order valence-corrected chi connectivity index (χ1v) is 16.1. The monoisotopic (exact) mass is 617 g/mol. The van der Waals surface area contributed by atoms with Gasteiger partial charge in [0, 0.05) is 55.1 Å². The number of likely N-dealkylation sites (tertiary alicyclic amines) is 1. The number of hydrogen-bond acceptors (Lipinski definition) is 11. The van der Waals surface area contributed by atoms with Crippen molar-refractivity contribution in [1.82, 2.24) is 24.8 Å². The predicted molar refractivity (Wildman–Crippen MR) is 164 cm³/mol. The van der Waals surface area contributed by atoms with Crippen LogP contribution in [0.4, 0.5) is 10.9 Å². The molecule has 5 rings (SSSR count). The molecule has 2 aliphatic heterocycles. The summed E-state index contributed by atoms with van der Waals surface area (Å²) in [5.74, 6) is 0.225. The number of rotatable bonds is 10. The second-order valence-electron chi connectivity index (χ2n) is 10.5. The van der Waals surface area contributed by atoms with Crippen molar-refractivity contribution in [2.45, 2.75) is 58.7 Å². The van der Waals surface area contributed by atoms with Gasteiger partial charge in [-0.2, -0.15) is 0 Å². The Morgan fingerprint density at radius 2 is 2.02 bits per heavy atom. The molecule has 0 aromatic carbocycles. The van der Waals surface area contributed by atoms with Gasteiger partial charge in [0.15, 0.2) is 5.13 Å². The quantitative estimate of drug-likeness (QED) is 0.314. The maximum Gasteiger partial charge on any atom is 0.307 e. The van der Waals surface area contributed by atoms with E-state index >= 15 is 0 Å². The van der Waals surface area contributed by atoms with E-state index in [1.165, 1.54) is 30.4 Å². The lowest BCUT2D eigenvalue weighted by Gasteiger charge is -2.40. The second-order valence-corrected chi connectivity index (χ2v) is 12.9. The van der Waals surface area contributed by atoms with Crippen molar-refractivity contribution in [3.63, 3.8) is 0 Å². The molecule has 0 bridgehead atoms. The number of ether oxygens (including phenoxy) is 1. The molecule has 220 valence electrons. The van der Waals surface area contributed by atoms with Crippen LogP contribution in [-0.2, 0) is 16.1 Å². The predicted octanol–water partition coefficient (Wildman–Crippen LogP) is 5.02. The molecule has 41 heavy (non-hydrogen) atoms. The number of piperazine rings is 1. The number of nitrogens with one attached hydrogen (secondary N) is 1. The molecule has 0 spiro atoms. The second kappa shape index (κ2) is 13.6. The van der Waals surface area contributed by atoms with Gasteiger partial charge in [0.2, 0.25) is 0 Å². The Kier molecular flexibility index (Phi) is 9.87. The average molecular weight is 618 g/mol. The van der Waals surface area contributed by atoms with Crippen LogP contribution in [0.25, 0.3) is 10.6 Å². The first-order valence-electron chi connectivity index (χ1n) is 14.1. The van der Waals surface area contributed by atoms with Gasteiger partial charge in [0.25, 0.3) is 5.91 Å². The van der Waals surface area contributed by atoms with Gasteiger partial charge in [0.1, 0.15) is 11.5 Å². The number of thiophene rings is 1. The highest BCUT2D eigenvalue weighted by Gasteiger charge is 2.27. The van der Waals surface area contributed by atoms with E-state index in [1.807, 2.05) is 18.4 Å². The molecule has 13 heteroatoms. The highest BCUT2D eigenvalue weighted by Crippen LogP contribution is 2.37. The number of halogens is 1. The van der Waals surface area contributed by atoms with Crippen LogP contribution in [0.15, 0.2) is 23.8 Å². The van der Waals surface area contributed by atoms with Crippen LogP contribution in [0.3, 0.4) is 0 Å². The number of carbonyl (C=O) groups is 2. The Labute approximate surface area is 253 Å². The number of anilines is 2. The Morgan fingerprint density at radius 3 is 2.68 bits per heavy atom. The lowest BCUT2D eigenvalue weighted by atomic mass is 10.2. The van der Waals surface area contributed by atoms with Crippen molar-refractivity contribution in [1.29, 1.82) is 0 Å². The normalized spacial score (nSPS) is 20.0. The van der Waals surface area contributed by atoms with E-state index in [4.69, 9.17) is 21.3 Å². The van der Waals surface area contributed by atoms with Crippen LogP contribution < -0.4 is 10.2 Å². The Balaban J connectivity index is 1.22. The molecule has 2 fully saturated rings. The van der Waals surface area contributed by atoms with E-state index in [1.54, 1.807) is 17.5 Å². The summed E-state index contributed by atoms with van der Waals surface area (Å²) in [5, 5.41) is 6.06. The molecule has 1 N–H and O–H groups in total. The Morgan fingerprint density at radius 1 is 1.17 bits per heavy atom. The summed E-state index contributed by atoms with van der Waals surface area (Å²) in [6.07, 6.45) is 5.96. The summed E-state index contributed by atoms with van der Waals surface area (Å²) in [7, 11) is 0. The zero-order valence-electron chi connectivity index (χ0n) is 23.6. The van der Waals surface area contributed by atoms with Crippen molar-refractivity contribution in [2.24, 2.45) is 0 Å².